The van der Waals surface area contributed by atoms with Crippen LogP contribution in [0, 0.1) is 5.82 Å². The predicted molar refractivity (Wildman–Crippen MR) is 127 cm³/mol. The Bertz CT molecular complexity index is 1100. The van der Waals surface area contributed by atoms with Crippen LogP contribution in [0.2, 0.25) is 0 Å². The van der Waals surface area contributed by atoms with Gasteiger partial charge in [0.2, 0.25) is 5.91 Å². The van der Waals surface area contributed by atoms with Crippen LogP contribution in [0.15, 0.2) is 66.0 Å². The van der Waals surface area contributed by atoms with Gasteiger partial charge in [0.05, 0.1) is 11.6 Å². The lowest BCUT2D eigenvalue weighted by Crippen LogP contribution is -2.48. The molecule has 1 unspecified atom stereocenters. The SMILES string of the molecule is CCCN(CC(=O)N1CCc2sccc2C1COc1ccccc1)C(=O)c1ccccc1F. The summed E-state index contributed by atoms with van der Waals surface area (Å²) in [4.78, 5) is 31.0. The fourth-order valence-electron chi connectivity index (χ4n) is 4.15. The Kier molecular flexibility index (Phi) is 7.40. The van der Waals surface area contributed by atoms with Gasteiger partial charge in [0.1, 0.15) is 24.7 Å². The molecule has 172 valence electrons. The quantitative estimate of drug-likeness (QED) is 0.472. The van der Waals surface area contributed by atoms with Crippen LogP contribution in [-0.2, 0) is 11.2 Å². The third-order valence-electron chi connectivity index (χ3n) is 5.78. The van der Waals surface area contributed by atoms with E-state index in [0.29, 0.717) is 26.1 Å². The molecule has 2 heterocycles. The van der Waals surface area contributed by atoms with Gasteiger partial charge in [0.15, 0.2) is 0 Å². The molecule has 0 fully saturated rings. The van der Waals surface area contributed by atoms with Gasteiger partial charge < -0.3 is 14.5 Å². The van der Waals surface area contributed by atoms with E-state index >= 15 is 0 Å². The highest BCUT2D eigenvalue weighted by Crippen LogP contribution is 2.34. The van der Waals surface area contributed by atoms with E-state index in [1.165, 1.54) is 21.9 Å². The van der Waals surface area contributed by atoms with Crippen LogP contribution in [-0.4, -0.2) is 47.9 Å². The van der Waals surface area contributed by atoms with Gasteiger partial charge in [-0.1, -0.05) is 37.3 Å². The van der Waals surface area contributed by atoms with Crippen molar-refractivity contribution in [3.8, 4) is 5.75 Å². The number of nitrogens with zero attached hydrogens (tertiary/aromatic N) is 2. The van der Waals surface area contributed by atoms with Crippen molar-refractivity contribution < 1.29 is 18.7 Å². The zero-order valence-corrected chi connectivity index (χ0v) is 19.4. The number of benzene rings is 2. The largest absolute Gasteiger partial charge is 0.491 e. The maximum atomic E-state index is 14.2. The van der Waals surface area contributed by atoms with Gasteiger partial charge in [-0.05, 0) is 54.1 Å². The molecule has 0 saturated heterocycles. The number of carbonyl (C=O) groups is 2. The normalized spacial score (nSPS) is 15.1. The average Bonchev–Trinajstić information content (AvgIpc) is 3.32. The van der Waals surface area contributed by atoms with E-state index in [1.54, 1.807) is 28.4 Å². The minimum Gasteiger partial charge on any atom is -0.491 e. The topological polar surface area (TPSA) is 49.9 Å². The number of rotatable bonds is 8. The van der Waals surface area contributed by atoms with Crippen LogP contribution >= 0.6 is 11.3 Å². The Morgan fingerprint density at radius 3 is 2.64 bits per heavy atom. The zero-order chi connectivity index (χ0) is 23.2. The lowest BCUT2D eigenvalue weighted by Gasteiger charge is -2.37. The first-order chi connectivity index (χ1) is 16.1. The molecule has 0 radical (unpaired) electrons. The number of thiophene rings is 1. The Balaban J connectivity index is 1.52. The molecular formula is C26H27FN2O3S. The van der Waals surface area contributed by atoms with Crippen LogP contribution < -0.4 is 4.74 Å². The molecule has 33 heavy (non-hydrogen) atoms. The highest BCUT2D eigenvalue weighted by molar-refractivity contribution is 7.10. The average molecular weight is 467 g/mol. The molecule has 2 aromatic carbocycles. The minimum absolute atomic E-state index is 0.0125. The molecule has 1 aromatic heterocycles. The van der Waals surface area contributed by atoms with Crippen molar-refractivity contribution in [2.75, 3.05) is 26.2 Å². The van der Waals surface area contributed by atoms with Crippen LogP contribution in [0.3, 0.4) is 0 Å². The summed E-state index contributed by atoms with van der Waals surface area (Å²) < 4.78 is 20.2. The Morgan fingerprint density at radius 1 is 1.12 bits per heavy atom. The first kappa shape index (κ1) is 23.0. The molecule has 0 N–H and O–H groups in total. The van der Waals surface area contributed by atoms with Gasteiger partial charge in [-0.3, -0.25) is 9.59 Å². The molecule has 7 heteroatoms. The monoisotopic (exact) mass is 466 g/mol. The number of ether oxygens (including phenoxy) is 1. The molecular weight excluding hydrogens is 439 g/mol. The lowest BCUT2D eigenvalue weighted by atomic mass is 10.0. The van der Waals surface area contributed by atoms with Crippen LogP contribution in [0.4, 0.5) is 4.39 Å². The molecule has 0 spiro atoms. The van der Waals surface area contributed by atoms with Gasteiger partial charge in [0.25, 0.3) is 5.91 Å². The first-order valence-electron chi connectivity index (χ1n) is 11.2. The third-order valence-corrected chi connectivity index (χ3v) is 6.77. The molecule has 0 aliphatic carbocycles. The second-order valence-electron chi connectivity index (χ2n) is 7.98. The van der Waals surface area contributed by atoms with Crippen molar-refractivity contribution in [1.29, 1.82) is 0 Å². The second-order valence-corrected chi connectivity index (χ2v) is 8.98. The Hall–Kier alpha value is -3.19. The van der Waals surface area contributed by atoms with E-state index in [0.717, 1.165) is 17.7 Å². The summed E-state index contributed by atoms with van der Waals surface area (Å²) in [5, 5.41) is 2.04. The number of fused-ring (bicyclic) bond motifs is 1. The minimum atomic E-state index is -0.578. The molecule has 0 saturated carbocycles. The number of carbonyl (C=O) groups excluding carboxylic acids is 2. The number of hydrogen-bond acceptors (Lipinski definition) is 4. The standard InChI is InChI=1S/C26H27FN2O3S/c1-2-14-28(26(31)20-10-6-7-11-22(20)27)17-25(30)29-15-12-24-21(13-16-33-24)23(29)18-32-19-8-4-3-5-9-19/h3-11,13,16,23H,2,12,14-15,17-18H2,1H3. The number of hydrogen-bond donors (Lipinski definition) is 0. The molecule has 5 nitrogen and oxygen atoms in total. The molecule has 1 aliphatic rings. The van der Waals surface area contributed by atoms with Gasteiger partial charge in [0, 0.05) is 18.0 Å². The van der Waals surface area contributed by atoms with Gasteiger partial charge in [-0.15, -0.1) is 11.3 Å². The van der Waals surface area contributed by atoms with Gasteiger partial charge >= 0.3 is 0 Å². The van der Waals surface area contributed by atoms with E-state index in [2.05, 4.69) is 0 Å². The third kappa shape index (κ3) is 5.25. The van der Waals surface area contributed by atoms with Crippen molar-refractivity contribution in [3.05, 3.63) is 87.9 Å². The van der Waals surface area contributed by atoms with E-state index in [-0.39, 0.29) is 24.1 Å². The lowest BCUT2D eigenvalue weighted by molar-refractivity contribution is -0.135. The van der Waals surface area contributed by atoms with Gasteiger partial charge in [-0.2, -0.15) is 0 Å². The van der Waals surface area contributed by atoms with Crippen LogP contribution in [0.1, 0.15) is 40.2 Å². The van der Waals surface area contributed by atoms with E-state index < -0.39 is 11.7 Å². The maximum Gasteiger partial charge on any atom is 0.257 e. The highest BCUT2D eigenvalue weighted by atomic mass is 32.1. The number of halogens is 1. The van der Waals surface area contributed by atoms with Crippen LogP contribution in [0.5, 0.6) is 5.75 Å². The zero-order valence-electron chi connectivity index (χ0n) is 18.6. The Labute approximate surface area is 197 Å². The summed E-state index contributed by atoms with van der Waals surface area (Å²) in [6, 6.07) is 17.2. The molecule has 2 amide bonds. The van der Waals surface area contributed by atoms with Crippen molar-refractivity contribution in [1.82, 2.24) is 9.80 Å². The smallest absolute Gasteiger partial charge is 0.257 e. The fourth-order valence-corrected chi connectivity index (χ4v) is 5.08. The summed E-state index contributed by atoms with van der Waals surface area (Å²) in [5.41, 5.74) is 1.08. The summed E-state index contributed by atoms with van der Waals surface area (Å²) in [5.74, 6) is -0.457. The molecule has 3 aromatic rings. The van der Waals surface area contributed by atoms with E-state index in [4.69, 9.17) is 4.74 Å². The van der Waals surface area contributed by atoms with Crippen molar-refractivity contribution >= 4 is 23.2 Å². The first-order valence-corrected chi connectivity index (χ1v) is 12.0. The highest BCUT2D eigenvalue weighted by Gasteiger charge is 2.33. The molecule has 1 aliphatic heterocycles. The maximum absolute atomic E-state index is 14.2. The summed E-state index contributed by atoms with van der Waals surface area (Å²) >= 11 is 1.69. The van der Waals surface area contributed by atoms with Crippen molar-refractivity contribution in [3.63, 3.8) is 0 Å². The predicted octanol–water partition coefficient (Wildman–Crippen LogP) is 4.94. The molecule has 0 bridgehead atoms. The number of amides is 2. The summed E-state index contributed by atoms with van der Waals surface area (Å²) in [6.07, 6.45) is 1.44. The fraction of sp³-hybridized carbons (Fsp3) is 0.308. The second kappa shape index (κ2) is 10.6. The van der Waals surface area contributed by atoms with Gasteiger partial charge in [-0.25, -0.2) is 4.39 Å². The van der Waals surface area contributed by atoms with Crippen LogP contribution in [0.25, 0.3) is 0 Å². The van der Waals surface area contributed by atoms with E-state index in [9.17, 15) is 14.0 Å². The van der Waals surface area contributed by atoms with E-state index in [1.807, 2.05) is 48.7 Å². The molecule has 4 rings (SSSR count). The van der Waals surface area contributed by atoms with Crippen molar-refractivity contribution in [2.45, 2.75) is 25.8 Å². The Morgan fingerprint density at radius 2 is 1.88 bits per heavy atom. The summed E-state index contributed by atoms with van der Waals surface area (Å²) in [6.45, 7) is 3.10. The van der Waals surface area contributed by atoms with Crippen molar-refractivity contribution in [2.24, 2.45) is 0 Å². The number of para-hydroxylation sites is 1. The summed E-state index contributed by atoms with van der Waals surface area (Å²) in [7, 11) is 0. The molecule has 1 atom stereocenters.